The van der Waals surface area contributed by atoms with Gasteiger partial charge in [0.15, 0.2) is 0 Å². The van der Waals surface area contributed by atoms with Crippen LogP contribution in [-0.2, 0) is 0 Å². The second kappa shape index (κ2) is 6.24. The van der Waals surface area contributed by atoms with Gasteiger partial charge in [-0.25, -0.2) is 0 Å². The second-order valence-electron chi connectivity index (χ2n) is 5.79. The van der Waals surface area contributed by atoms with Crippen LogP contribution in [0.3, 0.4) is 0 Å². The molecule has 0 amide bonds. The van der Waals surface area contributed by atoms with E-state index in [1.54, 1.807) is 4.90 Å². The van der Waals surface area contributed by atoms with E-state index in [1.165, 1.54) is 0 Å². The first-order chi connectivity index (χ1) is 8.24. The molecule has 0 spiro atoms. The zero-order chi connectivity index (χ0) is 13.9. The topological polar surface area (TPSA) is 29.3 Å². The summed E-state index contributed by atoms with van der Waals surface area (Å²) in [7, 11) is 0. The molecule has 18 heavy (non-hydrogen) atoms. The summed E-state index contributed by atoms with van der Waals surface area (Å²) < 4.78 is 37.9. The number of rotatable bonds is 4. The third-order valence-corrected chi connectivity index (χ3v) is 3.79. The molecule has 4 unspecified atom stereocenters. The van der Waals surface area contributed by atoms with E-state index >= 15 is 0 Å². The average Bonchev–Trinajstić information content (AvgIpc) is 2.13. The summed E-state index contributed by atoms with van der Waals surface area (Å²) in [6.07, 6.45) is -1.62. The number of nitrogens with zero attached hydrogens (tertiary/aromatic N) is 1. The first-order valence-electron chi connectivity index (χ1n) is 6.81. The van der Waals surface area contributed by atoms with Crippen LogP contribution in [0.4, 0.5) is 13.2 Å². The lowest BCUT2D eigenvalue weighted by molar-refractivity contribution is -0.156. The predicted molar refractivity (Wildman–Crippen MR) is 67.2 cm³/mol. The molecule has 2 N–H and O–H groups in total. The van der Waals surface area contributed by atoms with E-state index in [0.29, 0.717) is 12.5 Å². The van der Waals surface area contributed by atoms with Gasteiger partial charge in [-0.15, -0.1) is 0 Å². The Morgan fingerprint density at radius 2 is 1.83 bits per heavy atom. The monoisotopic (exact) mass is 266 g/mol. The highest BCUT2D eigenvalue weighted by Crippen LogP contribution is 2.33. The summed E-state index contributed by atoms with van der Waals surface area (Å²) in [5, 5.41) is 0. The summed E-state index contributed by atoms with van der Waals surface area (Å²) in [5.41, 5.74) is 6.10. The molecular weight excluding hydrogens is 241 g/mol. The van der Waals surface area contributed by atoms with Crippen molar-refractivity contribution in [3.8, 4) is 0 Å². The van der Waals surface area contributed by atoms with Gasteiger partial charge in [-0.1, -0.05) is 20.8 Å². The number of hydrogen-bond acceptors (Lipinski definition) is 2. The maximum atomic E-state index is 12.6. The van der Waals surface area contributed by atoms with Gasteiger partial charge in [-0.3, -0.25) is 4.90 Å². The van der Waals surface area contributed by atoms with Crippen LogP contribution in [0.15, 0.2) is 0 Å². The van der Waals surface area contributed by atoms with Gasteiger partial charge in [0.1, 0.15) is 0 Å². The molecule has 1 saturated carbocycles. The zero-order valence-corrected chi connectivity index (χ0v) is 11.5. The first kappa shape index (κ1) is 15.8. The van der Waals surface area contributed by atoms with Crippen molar-refractivity contribution in [3.05, 3.63) is 0 Å². The van der Waals surface area contributed by atoms with Gasteiger partial charge in [0.2, 0.25) is 0 Å². The summed E-state index contributed by atoms with van der Waals surface area (Å²) in [5.74, 6) is 0.748. The Kier molecular flexibility index (Phi) is 5.46. The number of nitrogens with two attached hydrogens (primary N) is 1. The molecule has 1 aliphatic carbocycles. The SMILES string of the molecule is CCCN(CC(F)(F)F)C1C(C)CC(C)CC1N. The van der Waals surface area contributed by atoms with Crippen LogP contribution in [-0.4, -0.2) is 36.2 Å². The summed E-state index contributed by atoms with van der Waals surface area (Å²) >= 11 is 0. The molecule has 108 valence electrons. The molecule has 0 bridgehead atoms. The Morgan fingerprint density at radius 3 is 2.28 bits per heavy atom. The van der Waals surface area contributed by atoms with Crippen molar-refractivity contribution in [1.82, 2.24) is 4.90 Å². The lowest BCUT2D eigenvalue weighted by Crippen LogP contribution is -2.57. The molecule has 5 heteroatoms. The van der Waals surface area contributed by atoms with Crippen LogP contribution in [0.1, 0.15) is 40.0 Å². The van der Waals surface area contributed by atoms with Gasteiger partial charge >= 0.3 is 6.18 Å². The third-order valence-electron chi connectivity index (χ3n) is 3.79. The van der Waals surface area contributed by atoms with Crippen molar-refractivity contribution in [2.75, 3.05) is 13.1 Å². The molecule has 0 aromatic heterocycles. The van der Waals surface area contributed by atoms with Gasteiger partial charge in [0, 0.05) is 12.1 Å². The summed E-state index contributed by atoms with van der Waals surface area (Å²) in [6, 6.07) is -0.277. The fraction of sp³-hybridized carbons (Fsp3) is 1.00. The highest BCUT2D eigenvalue weighted by Gasteiger charge is 2.40. The van der Waals surface area contributed by atoms with Crippen LogP contribution in [0.5, 0.6) is 0 Å². The van der Waals surface area contributed by atoms with Crippen molar-refractivity contribution < 1.29 is 13.2 Å². The van der Waals surface area contributed by atoms with Gasteiger partial charge in [0.25, 0.3) is 0 Å². The maximum absolute atomic E-state index is 12.6. The Bertz CT molecular complexity index is 243. The van der Waals surface area contributed by atoms with Gasteiger partial charge in [0.05, 0.1) is 6.54 Å². The lowest BCUT2D eigenvalue weighted by Gasteiger charge is -2.44. The van der Waals surface area contributed by atoms with Crippen LogP contribution in [0, 0.1) is 11.8 Å². The number of halogens is 3. The number of hydrogen-bond donors (Lipinski definition) is 1. The molecule has 0 radical (unpaired) electrons. The third kappa shape index (κ3) is 4.43. The zero-order valence-electron chi connectivity index (χ0n) is 11.5. The summed E-state index contributed by atoms with van der Waals surface area (Å²) in [6.45, 7) is 5.69. The Morgan fingerprint density at radius 1 is 1.22 bits per heavy atom. The van der Waals surface area contributed by atoms with Crippen LogP contribution < -0.4 is 5.73 Å². The molecule has 4 atom stereocenters. The van der Waals surface area contributed by atoms with E-state index in [1.807, 2.05) is 13.8 Å². The van der Waals surface area contributed by atoms with Crippen LogP contribution in [0.25, 0.3) is 0 Å². The molecule has 1 aliphatic rings. The van der Waals surface area contributed by atoms with Crippen molar-refractivity contribution in [1.29, 1.82) is 0 Å². The fourth-order valence-corrected chi connectivity index (χ4v) is 3.38. The molecule has 0 aliphatic heterocycles. The van der Waals surface area contributed by atoms with E-state index in [9.17, 15) is 13.2 Å². The molecule has 0 saturated heterocycles. The van der Waals surface area contributed by atoms with E-state index in [2.05, 4.69) is 6.92 Å². The average molecular weight is 266 g/mol. The quantitative estimate of drug-likeness (QED) is 0.847. The molecular formula is C13H25F3N2. The Balaban J connectivity index is 2.77. The highest BCUT2D eigenvalue weighted by molar-refractivity contribution is 4.92. The van der Waals surface area contributed by atoms with Crippen molar-refractivity contribution in [3.63, 3.8) is 0 Å². The minimum Gasteiger partial charge on any atom is -0.326 e. The van der Waals surface area contributed by atoms with Gasteiger partial charge in [-0.2, -0.15) is 13.2 Å². The Hall–Kier alpha value is -0.290. The minimum absolute atomic E-state index is 0.136. The molecule has 1 rings (SSSR count). The molecule has 2 nitrogen and oxygen atoms in total. The summed E-state index contributed by atoms with van der Waals surface area (Å²) in [4.78, 5) is 1.54. The van der Waals surface area contributed by atoms with Crippen LogP contribution in [0.2, 0.25) is 0 Å². The van der Waals surface area contributed by atoms with Gasteiger partial charge < -0.3 is 5.73 Å². The second-order valence-corrected chi connectivity index (χ2v) is 5.79. The van der Waals surface area contributed by atoms with E-state index in [0.717, 1.165) is 19.3 Å². The molecule has 1 fully saturated rings. The van der Waals surface area contributed by atoms with E-state index in [4.69, 9.17) is 5.73 Å². The highest BCUT2D eigenvalue weighted by atomic mass is 19.4. The van der Waals surface area contributed by atoms with Crippen molar-refractivity contribution in [2.24, 2.45) is 17.6 Å². The largest absolute Gasteiger partial charge is 0.401 e. The molecule has 0 heterocycles. The minimum atomic E-state index is -4.14. The standard InChI is InChI=1S/C13H25F3N2/c1-4-5-18(8-13(14,15)16)12-10(3)6-9(2)7-11(12)17/h9-12H,4-8,17H2,1-3H3. The lowest BCUT2D eigenvalue weighted by atomic mass is 9.76. The number of alkyl halides is 3. The van der Waals surface area contributed by atoms with Crippen molar-refractivity contribution >= 4 is 0 Å². The first-order valence-corrected chi connectivity index (χ1v) is 6.81. The normalized spacial score (nSPS) is 34.0. The smallest absolute Gasteiger partial charge is 0.326 e. The molecule has 0 aromatic rings. The maximum Gasteiger partial charge on any atom is 0.401 e. The van der Waals surface area contributed by atoms with Gasteiger partial charge in [-0.05, 0) is 37.6 Å². The van der Waals surface area contributed by atoms with E-state index in [-0.39, 0.29) is 18.0 Å². The fourth-order valence-electron chi connectivity index (χ4n) is 3.38. The van der Waals surface area contributed by atoms with Crippen molar-refractivity contribution in [2.45, 2.75) is 58.3 Å². The predicted octanol–water partition coefficient (Wildman–Crippen LogP) is 3.02. The van der Waals surface area contributed by atoms with E-state index < -0.39 is 12.7 Å². The Labute approximate surface area is 108 Å². The van der Waals surface area contributed by atoms with Crippen LogP contribution >= 0.6 is 0 Å². The molecule has 0 aromatic carbocycles.